The first-order valence-electron chi connectivity index (χ1n) is 8.56. The number of carbonyl (C=O) groups excluding carboxylic acids is 1. The highest BCUT2D eigenvalue weighted by Gasteiger charge is 2.21. The Morgan fingerprint density at radius 2 is 2.00 bits per heavy atom. The van der Waals surface area contributed by atoms with E-state index in [1.807, 2.05) is 35.7 Å². The van der Waals surface area contributed by atoms with Crippen LogP contribution in [0.15, 0.2) is 41.9 Å². The van der Waals surface area contributed by atoms with Crippen molar-refractivity contribution in [2.75, 3.05) is 13.2 Å². The molecule has 1 aromatic carbocycles. The van der Waals surface area contributed by atoms with Gasteiger partial charge in [0.05, 0.1) is 11.1 Å². The smallest absolute Gasteiger partial charge is 0.339 e. The van der Waals surface area contributed by atoms with Crippen LogP contribution in [0.1, 0.15) is 33.6 Å². The number of hydrogen-bond acceptors (Lipinski definition) is 5. The third-order valence-corrected chi connectivity index (χ3v) is 5.55. The largest absolute Gasteiger partial charge is 0.489 e. The maximum atomic E-state index is 12.3. The number of aryl methyl sites for hydroxylation is 1. The average Bonchev–Trinajstić information content (AvgIpc) is 3.09. The first kappa shape index (κ1) is 16.1. The van der Waals surface area contributed by atoms with Crippen molar-refractivity contribution in [2.45, 2.75) is 25.7 Å². The zero-order valence-corrected chi connectivity index (χ0v) is 14.7. The number of hydrogen-bond donors (Lipinski definition) is 0. The molecule has 4 rings (SSSR count). The number of thiophene rings is 1. The molecule has 0 spiro atoms. The fourth-order valence-electron chi connectivity index (χ4n) is 3.22. The molecule has 1 aliphatic carbocycles. The van der Waals surface area contributed by atoms with E-state index in [0.29, 0.717) is 6.61 Å². The van der Waals surface area contributed by atoms with Crippen LogP contribution in [-0.2, 0) is 17.6 Å². The second-order valence-corrected chi connectivity index (χ2v) is 7.03. The minimum absolute atomic E-state index is 0.234. The lowest BCUT2D eigenvalue weighted by Crippen LogP contribution is -2.14. The van der Waals surface area contributed by atoms with Gasteiger partial charge in [-0.2, -0.15) is 0 Å². The number of carbonyl (C=O) groups is 1. The lowest BCUT2D eigenvalue weighted by molar-refractivity contribution is 0.0450. The van der Waals surface area contributed by atoms with E-state index in [-0.39, 0.29) is 12.6 Å². The molecular formula is C20H19NO3S. The summed E-state index contributed by atoms with van der Waals surface area (Å²) in [4.78, 5) is 18.0. The highest BCUT2D eigenvalue weighted by Crippen LogP contribution is 2.30. The molecule has 5 heteroatoms. The number of aromatic nitrogens is 1. The van der Waals surface area contributed by atoms with Gasteiger partial charge < -0.3 is 9.47 Å². The van der Waals surface area contributed by atoms with Crippen molar-refractivity contribution >= 4 is 28.2 Å². The molecule has 0 saturated carbocycles. The molecule has 0 aliphatic heterocycles. The van der Waals surface area contributed by atoms with Gasteiger partial charge in [-0.15, -0.1) is 11.3 Å². The number of pyridine rings is 1. The van der Waals surface area contributed by atoms with Crippen LogP contribution < -0.4 is 4.74 Å². The van der Waals surface area contributed by atoms with Gasteiger partial charge in [-0.3, -0.25) is 4.98 Å². The molecule has 25 heavy (non-hydrogen) atoms. The first-order valence-corrected chi connectivity index (χ1v) is 9.44. The third-order valence-electron chi connectivity index (χ3n) is 4.46. The second kappa shape index (κ2) is 7.23. The maximum absolute atomic E-state index is 12.3. The summed E-state index contributed by atoms with van der Waals surface area (Å²) >= 11 is 1.68. The van der Waals surface area contributed by atoms with Gasteiger partial charge in [0.1, 0.15) is 19.0 Å². The number of ether oxygens (including phenoxy) is 2. The molecule has 128 valence electrons. The van der Waals surface area contributed by atoms with Crippen molar-refractivity contribution in [2.24, 2.45) is 0 Å². The molecule has 0 saturated heterocycles. The topological polar surface area (TPSA) is 48.4 Å². The lowest BCUT2D eigenvalue weighted by Gasteiger charge is -2.13. The number of nitrogens with zero attached hydrogens (tertiary/aromatic N) is 1. The minimum atomic E-state index is -0.234. The van der Waals surface area contributed by atoms with Gasteiger partial charge in [0.25, 0.3) is 0 Å². The second-order valence-electron chi connectivity index (χ2n) is 6.07. The molecule has 0 unspecified atom stereocenters. The van der Waals surface area contributed by atoms with E-state index in [1.54, 1.807) is 17.5 Å². The number of benzene rings is 1. The fourth-order valence-corrected chi connectivity index (χ4v) is 4.34. The molecule has 2 heterocycles. The van der Waals surface area contributed by atoms with Crippen molar-refractivity contribution in [3.8, 4) is 5.75 Å². The first-order chi connectivity index (χ1) is 12.3. The summed E-state index contributed by atoms with van der Waals surface area (Å²) in [5, 5.41) is 2.90. The summed E-state index contributed by atoms with van der Waals surface area (Å²) in [7, 11) is 0. The number of esters is 1. The van der Waals surface area contributed by atoms with Crippen molar-refractivity contribution < 1.29 is 14.3 Å². The Hall–Kier alpha value is -2.40. The Labute approximate surface area is 150 Å². The van der Waals surface area contributed by atoms with E-state index in [2.05, 4.69) is 4.98 Å². The summed E-state index contributed by atoms with van der Waals surface area (Å²) in [5.74, 6) is 0.525. The summed E-state index contributed by atoms with van der Waals surface area (Å²) < 4.78 is 11.2. The van der Waals surface area contributed by atoms with Crippen LogP contribution in [-0.4, -0.2) is 24.2 Å². The van der Waals surface area contributed by atoms with Crippen LogP contribution in [0.4, 0.5) is 0 Å². The molecule has 2 aromatic heterocycles. The van der Waals surface area contributed by atoms with E-state index in [1.165, 1.54) is 16.9 Å². The predicted molar refractivity (Wildman–Crippen MR) is 98.5 cm³/mol. The molecule has 0 radical (unpaired) electrons. The van der Waals surface area contributed by atoms with Crippen LogP contribution in [0.3, 0.4) is 0 Å². The standard InChI is InChI=1S/C20H19NO3S/c22-20(16-13-25-19-8-4-2-5-14(16)19)24-12-11-23-18-9-10-21-17-7-3-1-6-15(17)18/h1,3,6-7,9-10,13H,2,4-5,8,11-12H2. The van der Waals surface area contributed by atoms with E-state index in [9.17, 15) is 4.79 Å². The van der Waals surface area contributed by atoms with Gasteiger partial charge in [0.2, 0.25) is 0 Å². The molecule has 0 N–H and O–H groups in total. The van der Waals surface area contributed by atoms with Crippen molar-refractivity contribution in [3.63, 3.8) is 0 Å². The Morgan fingerprint density at radius 1 is 1.12 bits per heavy atom. The molecule has 1 aliphatic rings. The molecule has 0 fully saturated rings. The summed E-state index contributed by atoms with van der Waals surface area (Å²) in [6.45, 7) is 0.562. The molecule has 4 nitrogen and oxygen atoms in total. The van der Waals surface area contributed by atoms with Gasteiger partial charge in [-0.1, -0.05) is 12.1 Å². The summed E-state index contributed by atoms with van der Waals surface area (Å²) in [5.41, 5.74) is 2.83. The Bertz CT molecular complexity index is 898. The van der Waals surface area contributed by atoms with Crippen molar-refractivity contribution in [3.05, 3.63) is 57.9 Å². The fraction of sp³-hybridized carbons (Fsp3) is 0.300. The number of para-hydroxylation sites is 1. The van der Waals surface area contributed by atoms with Crippen molar-refractivity contribution in [1.29, 1.82) is 0 Å². The van der Waals surface area contributed by atoms with Gasteiger partial charge >= 0.3 is 5.97 Å². The zero-order valence-electron chi connectivity index (χ0n) is 13.9. The Kier molecular flexibility index (Phi) is 4.65. The number of rotatable bonds is 5. The van der Waals surface area contributed by atoms with Gasteiger partial charge in [0.15, 0.2) is 0 Å². The zero-order chi connectivity index (χ0) is 17.1. The molecule has 0 bridgehead atoms. The number of fused-ring (bicyclic) bond motifs is 2. The van der Waals surface area contributed by atoms with E-state index < -0.39 is 0 Å². The Balaban J connectivity index is 1.35. The van der Waals surface area contributed by atoms with Gasteiger partial charge in [-0.05, 0) is 49.4 Å². The SMILES string of the molecule is O=C(OCCOc1ccnc2ccccc12)c1csc2c1CCCC2. The summed E-state index contributed by atoms with van der Waals surface area (Å²) in [6, 6.07) is 9.65. The Morgan fingerprint density at radius 3 is 2.96 bits per heavy atom. The maximum Gasteiger partial charge on any atom is 0.339 e. The normalized spacial score (nSPS) is 13.4. The van der Waals surface area contributed by atoms with Crippen LogP contribution in [0.25, 0.3) is 10.9 Å². The van der Waals surface area contributed by atoms with Crippen LogP contribution in [0.2, 0.25) is 0 Å². The lowest BCUT2D eigenvalue weighted by atomic mass is 9.96. The highest BCUT2D eigenvalue weighted by atomic mass is 32.1. The van der Waals surface area contributed by atoms with Gasteiger partial charge in [0, 0.05) is 21.8 Å². The summed E-state index contributed by atoms with van der Waals surface area (Å²) in [6.07, 6.45) is 6.17. The van der Waals surface area contributed by atoms with E-state index in [0.717, 1.165) is 41.5 Å². The van der Waals surface area contributed by atoms with Gasteiger partial charge in [-0.25, -0.2) is 4.79 Å². The van der Waals surface area contributed by atoms with E-state index in [4.69, 9.17) is 9.47 Å². The van der Waals surface area contributed by atoms with E-state index >= 15 is 0 Å². The van der Waals surface area contributed by atoms with Crippen LogP contribution in [0.5, 0.6) is 5.75 Å². The minimum Gasteiger partial charge on any atom is -0.489 e. The highest BCUT2D eigenvalue weighted by molar-refractivity contribution is 7.10. The molecule has 0 atom stereocenters. The molecular weight excluding hydrogens is 334 g/mol. The quantitative estimate of drug-likeness (QED) is 0.503. The van der Waals surface area contributed by atoms with Crippen molar-refractivity contribution in [1.82, 2.24) is 4.98 Å². The predicted octanol–water partition coefficient (Wildman–Crippen LogP) is 4.41. The molecule has 0 amide bonds. The third kappa shape index (κ3) is 3.37. The monoisotopic (exact) mass is 353 g/mol. The molecule has 3 aromatic rings. The average molecular weight is 353 g/mol. The van der Waals surface area contributed by atoms with Crippen LogP contribution in [0, 0.1) is 0 Å². The van der Waals surface area contributed by atoms with Crippen LogP contribution >= 0.6 is 11.3 Å².